The van der Waals surface area contributed by atoms with Gasteiger partial charge in [0.05, 0.1) is 18.8 Å². The number of aliphatic hydroxyl groups is 2. The van der Waals surface area contributed by atoms with Crippen molar-refractivity contribution in [3.05, 3.63) is 12.2 Å². The minimum Gasteiger partial charge on any atom is -0.394 e. The third-order valence-corrected chi connectivity index (χ3v) is 7.28. The number of allylic oxidation sites excluding steroid dienone is 2. The molecule has 0 aromatic heterocycles. The van der Waals surface area contributed by atoms with E-state index < -0.39 is 12.1 Å². The van der Waals surface area contributed by atoms with Crippen LogP contribution in [0.3, 0.4) is 0 Å². The lowest BCUT2D eigenvalue weighted by Crippen LogP contribution is -2.45. The van der Waals surface area contributed by atoms with Gasteiger partial charge in [-0.1, -0.05) is 135 Å². The Bertz CT molecular complexity index is 480. The fourth-order valence-corrected chi connectivity index (χ4v) is 4.76. The van der Waals surface area contributed by atoms with Crippen LogP contribution in [-0.2, 0) is 4.79 Å². The van der Waals surface area contributed by atoms with Crippen LogP contribution in [0.5, 0.6) is 0 Å². The molecule has 4 heteroatoms. The molecule has 0 aliphatic carbocycles. The predicted molar refractivity (Wildman–Crippen MR) is 156 cm³/mol. The third-order valence-electron chi connectivity index (χ3n) is 7.28. The third kappa shape index (κ3) is 24.8. The molecule has 0 rings (SSSR count). The first-order valence-electron chi connectivity index (χ1n) is 15.9. The van der Waals surface area contributed by atoms with Crippen LogP contribution in [0.2, 0.25) is 0 Å². The molecule has 0 aromatic rings. The lowest BCUT2D eigenvalue weighted by Gasteiger charge is -2.22. The van der Waals surface area contributed by atoms with Crippen LogP contribution in [0.4, 0.5) is 0 Å². The van der Waals surface area contributed by atoms with Crippen molar-refractivity contribution in [3.8, 4) is 0 Å². The number of nitrogens with one attached hydrogen (secondary N) is 1. The van der Waals surface area contributed by atoms with E-state index in [2.05, 4.69) is 31.3 Å². The van der Waals surface area contributed by atoms with Crippen LogP contribution in [0.25, 0.3) is 0 Å². The summed E-state index contributed by atoms with van der Waals surface area (Å²) in [6.07, 6.45) is 32.5. The van der Waals surface area contributed by atoms with E-state index in [1.165, 1.54) is 116 Å². The van der Waals surface area contributed by atoms with E-state index in [9.17, 15) is 15.0 Å². The van der Waals surface area contributed by atoms with Crippen LogP contribution in [0, 0.1) is 0 Å². The first-order chi connectivity index (χ1) is 17.7. The van der Waals surface area contributed by atoms with E-state index in [0.29, 0.717) is 12.8 Å². The highest BCUT2D eigenvalue weighted by molar-refractivity contribution is 5.76. The number of aliphatic hydroxyl groups excluding tert-OH is 2. The first kappa shape index (κ1) is 35.1. The first-order valence-corrected chi connectivity index (χ1v) is 15.9. The Morgan fingerprint density at radius 2 is 1.06 bits per heavy atom. The van der Waals surface area contributed by atoms with Gasteiger partial charge in [0.2, 0.25) is 5.91 Å². The summed E-state index contributed by atoms with van der Waals surface area (Å²) in [6.45, 7) is 4.31. The smallest absolute Gasteiger partial charge is 0.220 e. The molecular formula is C32H63NO3. The Kier molecular flexibility index (Phi) is 28.0. The van der Waals surface area contributed by atoms with Crippen LogP contribution in [0.15, 0.2) is 12.2 Å². The molecule has 3 N–H and O–H groups in total. The molecule has 1 amide bonds. The zero-order chi connectivity index (χ0) is 26.5. The van der Waals surface area contributed by atoms with Gasteiger partial charge >= 0.3 is 0 Å². The molecule has 0 aromatic carbocycles. The number of hydrogen-bond acceptors (Lipinski definition) is 3. The van der Waals surface area contributed by atoms with Gasteiger partial charge in [-0.15, -0.1) is 0 Å². The van der Waals surface area contributed by atoms with Crippen molar-refractivity contribution in [2.75, 3.05) is 6.61 Å². The molecule has 0 radical (unpaired) electrons. The normalized spacial score (nSPS) is 13.3. The van der Waals surface area contributed by atoms with E-state index in [1.54, 1.807) is 0 Å². The highest BCUT2D eigenvalue weighted by Gasteiger charge is 2.19. The molecule has 0 spiro atoms. The number of hydrogen-bond donors (Lipinski definition) is 3. The van der Waals surface area contributed by atoms with Crippen LogP contribution in [0.1, 0.15) is 168 Å². The quantitative estimate of drug-likeness (QED) is 0.0729. The van der Waals surface area contributed by atoms with Gasteiger partial charge in [-0.2, -0.15) is 0 Å². The topological polar surface area (TPSA) is 69.6 Å². The van der Waals surface area contributed by atoms with Gasteiger partial charge in [0.1, 0.15) is 0 Å². The van der Waals surface area contributed by atoms with Crippen molar-refractivity contribution < 1.29 is 15.0 Å². The fraction of sp³-hybridized carbons (Fsp3) is 0.906. The average molecular weight is 510 g/mol. The number of carbonyl (C=O) groups is 1. The molecule has 0 aliphatic heterocycles. The van der Waals surface area contributed by atoms with Crippen LogP contribution >= 0.6 is 0 Å². The second-order valence-corrected chi connectivity index (χ2v) is 10.9. The van der Waals surface area contributed by atoms with E-state index in [-0.39, 0.29) is 12.5 Å². The SMILES string of the molecule is CCCCCCCC/C=C\CCCCCCCC(=O)N[C@@H](CO)[C@H](O)CCCCCCCCCCC. The number of carbonyl (C=O) groups excluding carboxylic acids is 1. The molecule has 0 saturated carbocycles. The highest BCUT2D eigenvalue weighted by Crippen LogP contribution is 2.13. The minimum absolute atomic E-state index is 0.0437. The molecule has 2 atom stereocenters. The predicted octanol–water partition coefficient (Wildman–Crippen LogP) is 8.78. The molecule has 0 saturated heterocycles. The van der Waals surface area contributed by atoms with Crippen molar-refractivity contribution >= 4 is 5.91 Å². The van der Waals surface area contributed by atoms with Gasteiger partial charge in [0.15, 0.2) is 0 Å². The van der Waals surface area contributed by atoms with Crippen LogP contribution < -0.4 is 5.32 Å². The summed E-state index contributed by atoms with van der Waals surface area (Å²) in [5, 5.41) is 22.8. The molecule has 214 valence electrons. The summed E-state index contributed by atoms with van der Waals surface area (Å²) in [7, 11) is 0. The van der Waals surface area contributed by atoms with E-state index >= 15 is 0 Å². The van der Waals surface area contributed by atoms with Crippen molar-refractivity contribution in [1.29, 1.82) is 0 Å². The summed E-state index contributed by atoms with van der Waals surface area (Å²) in [6, 6.07) is -0.533. The summed E-state index contributed by atoms with van der Waals surface area (Å²) in [5.74, 6) is -0.0437. The Morgan fingerprint density at radius 1 is 0.639 bits per heavy atom. The standard InChI is InChI=1S/C32H63NO3/c1-3-5-7-9-11-13-14-15-16-17-18-20-22-24-26-28-32(36)33-30(29-34)31(35)27-25-23-21-19-12-10-8-6-4-2/h15-16,30-31,34-35H,3-14,17-29H2,1-2H3,(H,33,36)/b16-15-/t30-,31+/m0/s1. The van der Waals surface area contributed by atoms with Gasteiger partial charge in [0.25, 0.3) is 0 Å². The molecule has 0 heterocycles. The average Bonchev–Trinajstić information content (AvgIpc) is 2.88. The van der Waals surface area contributed by atoms with E-state index in [1.807, 2.05) is 0 Å². The maximum atomic E-state index is 12.2. The highest BCUT2D eigenvalue weighted by atomic mass is 16.3. The number of rotatable bonds is 28. The van der Waals surface area contributed by atoms with Crippen molar-refractivity contribution in [3.63, 3.8) is 0 Å². The second-order valence-electron chi connectivity index (χ2n) is 10.9. The maximum Gasteiger partial charge on any atom is 0.220 e. The molecule has 0 bridgehead atoms. The van der Waals surface area contributed by atoms with Crippen molar-refractivity contribution in [1.82, 2.24) is 5.32 Å². The zero-order valence-electron chi connectivity index (χ0n) is 24.3. The molecular weight excluding hydrogens is 446 g/mol. The van der Waals surface area contributed by atoms with Crippen molar-refractivity contribution in [2.24, 2.45) is 0 Å². The minimum atomic E-state index is -0.655. The molecule has 36 heavy (non-hydrogen) atoms. The Hall–Kier alpha value is -0.870. The Morgan fingerprint density at radius 3 is 1.53 bits per heavy atom. The summed E-state index contributed by atoms with van der Waals surface area (Å²) < 4.78 is 0. The van der Waals surface area contributed by atoms with Gasteiger partial charge < -0.3 is 15.5 Å². The molecule has 4 nitrogen and oxygen atoms in total. The van der Waals surface area contributed by atoms with Crippen LogP contribution in [-0.4, -0.2) is 34.9 Å². The van der Waals surface area contributed by atoms with Gasteiger partial charge in [-0.25, -0.2) is 0 Å². The summed E-state index contributed by atoms with van der Waals surface area (Å²) in [4.78, 5) is 12.2. The van der Waals surface area contributed by atoms with Gasteiger partial charge in [-0.3, -0.25) is 4.79 Å². The lowest BCUT2D eigenvalue weighted by atomic mass is 10.0. The monoisotopic (exact) mass is 509 g/mol. The second kappa shape index (κ2) is 28.7. The molecule has 0 fully saturated rings. The van der Waals surface area contributed by atoms with Crippen molar-refractivity contribution in [2.45, 2.75) is 180 Å². The number of unbranched alkanes of at least 4 members (excludes halogenated alkanes) is 19. The lowest BCUT2D eigenvalue weighted by molar-refractivity contribution is -0.123. The molecule has 0 unspecified atom stereocenters. The van der Waals surface area contributed by atoms with Gasteiger partial charge in [0, 0.05) is 6.42 Å². The van der Waals surface area contributed by atoms with E-state index in [0.717, 1.165) is 25.7 Å². The Labute approximate surface area is 225 Å². The van der Waals surface area contributed by atoms with E-state index in [4.69, 9.17) is 0 Å². The largest absolute Gasteiger partial charge is 0.394 e. The number of amides is 1. The fourth-order valence-electron chi connectivity index (χ4n) is 4.76. The zero-order valence-corrected chi connectivity index (χ0v) is 24.3. The summed E-state index contributed by atoms with van der Waals surface area (Å²) in [5.41, 5.74) is 0. The van der Waals surface area contributed by atoms with Gasteiger partial charge in [-0.05, 0) is 38.5 Å². The molecule has 0 aliphatic rings. The summed E-state index contributed by atoms with van der Waals surface area (Å²) >= 11 is 0. The maximum absolute atomic E-state index is 12.2. The Balaban J connectivity index is 3.60.